The highest BCUT2D eigenvalue weighted by molar-refractivity contribution is 5.68. The molecule has 3 aromatic rings. The molecule has 6 heteroatoms. The number of pyridine rings is 1. The van der Waals surface area contributed by atoms with Crippen molar-refractivity contribution in [3.63, 3.8) is 0 Å². The Morgan fingerprint density at radius 1 is 0.889 bits per heavy atom. The summed E-state index contributed by atoms with van der Waals surface area (Å²) in [6, 6.07) is 17.6. The van der Waals surface area contributed by atoms with Crippen LogP contribution in [0.15, 0.2) is 54.7 Å². The summed E-state index contributed by atoms with van der Waals surface area (Å²) in [4.78, 5) is 7.29. The summed E-state index contributed by atoms with van der Waals surface area (Å²) >= 11 is 0. The molecular formula is C30H37N3O3. The fraction of sp³-hybridized carbons (Fsp3) is 0.433. The third-order valence-electron chi connectivity index (χ3n) is 7.68. The van der Waals surface area contributed by atoms with Crippen molar-refractivity contribution >= 4 is 5.69 Å². The van der Waals surface area contributed by atoms with Crippen LogP contribution in [-0.2, 0) is 6.54 Å². The zero-order chi connectivity index (χ0) is 24.9. The number of benzene rings is 2. The maximum atomic E-state index is 5.76. The van der Waals surface area contributed by atoms with Crippen LogP contribution >= 0.6 is 0 Å². The minimum absolute atomic E-state index is 0.488. The second-order valence-corrected chi connectivity index (χ2v) is 9.79. The highest BCUT2D eigenvalue weighted by Gasteiger charge is 2.26. The molecule has 36 heavy (non-hydrogen) atoms. The van der Waals surface area contributed by atoms with Gasteiger partial charge in [0.15, 0.2) is 11.5 Å². The highest BCUT2D eigenvalue weighted by Crippen LogP contribution is 2.46. The van der Waals surface area contributed by atoms with Gasteiger partial charge in [-0.25, -0.2) is 0 Å². The van der Waals surface area contributed by atoms with Crippen molar-refractivity contribution in [2.45, 2.75) is 50.6 Å². The molecule has 1 saturated carbocycles. The molecule has 1 aromatic heterocycles. The Kier molecular flexibility index (Phi) is 7.61. The maximum Gasteiger partial charge on any atom is 0.164 e. The number of ether oxygens (including phenoxy) is 3. The van der Waals surface area contributed by atoms with Gasteiger partial charge in [-0.15, -0.1) is 0 Å². The van der Waals surface area contributed by atoms with Crippen molar-refractivity contribution < 1.29 is 14.2 Å². The molecule has 1 aliphatic heterocycles. The minimum atomic E-state index is 0.488. The van der Waals surface area contributed by atoms with E-state index < -0.39 is 0 Å². The van der Waals surface area contributed by atoms with Crippen LogP contribution in [0, 0.1) is 0 Å². The molecule has 5 rings (SSSR count). The number of hydrogen-bond donors (Lipinski definition) is 1. The fourth-order valence-electron chi connectivity index (χ4n) is 5.41. The molecular weight excluding hydrogens is 450 g/mol. The van der Waals surface area contributed by atoms with Crippen molar-refractivity contribution in [2.24, 2.45) is 0 Å². The minimum Gasteiger partial charge on any atom is -0.497 e. The Morgan fingerprint density at radius 2 is 1.67 bits per heavy atom. The number of methoxy groups -OCH3 is 3. The van der Waals surface area contributed by atoms with Crippen molar-refractivity contribution in [2.75, 3.05) is 39.3 Å². The molecule has 6 nitrogen and oxygen atoms in total. The Labute approximate surface area is 214 Å². The van der Waals surface area contributed by atoms with E-state index in [4.69, 9.17) is 19.2 Å². The SMILES string of the molecule is COc1ccc(N(Cc2ccnc(-c3cc(OC)c(OC)c(C4CCC4)c3)c2)C2CCNCC2)cc1. The van der Waals surface area contributed by atoms with Gasteiger partial charge in [0.2, 0.25) is 0 Å². The average molecular weight is 488 g/mol. The summed E-state index contributed by atoms with van der Waals surface area (Å²) in [5, 5.41) is 3.50. The molecule has 0 unspecified atom stereocenters. The van der Waals surface area contributed by atoms with Crippen molar-refractivity contribution in [3.05, 3.63) is 65.9 Å². The van der Waals surface area contributed by atoms with Crippen LogP contribution in [0.2, 0.25) is 0 Å². The number of anilines is 1. The highest BCUT2D eigenvalue weighted by atomic mass is 16.5. The van der Waals surface area contributed by atoms with Gasteiger partial charge in [-0.1, -0.05) is 6.42 Å². The number of nitrogens with zero attached hydrogens (tertiary/aromatic N) is 2. The standard InChI is InChI=1S/C30H37N3O3/c1-34-26-9-7-24(8-10-26)33(25-12-14-31-15-13-25)20-21-11-16-32-28(17-21)23-18-27(22-5-4-6-22)30(36-3)29(19-23)35-2/h7-11,16-19,22,25,31H,4-6,12-15,20H2,1-3H3. The third kappa shape index (κ3) is 5.14. The quantitative estimate of drug-likeness (QED) is 0.412. The Morgan fingerprint density at radius 3 is 2.31 bits per heavy atom. The topological polar surface area (TPSA) is 55.9 Å². The van der Waals surface area contributed by atoms with E-state index >= 15 is 0 Å². The van der Waals surface area contributed by atoms with Gasteiger partial charge < -0.3 is 24.4 Å². The molecule has 0 bridgehead atoms. The molecule has 1 aliphatic carbocycles. The fourth-order valence-corrected chi connectivity index (χ4v) is 5.41. The van der Waals surface area contributed by atoms with Gasteiger partial charge in [0.05, 0.1) is 27.0 Å². The van der Waals surface area contributed by atoms with Crippen molar-refractivity contribution in [1.82, 2.24) is 10.3 Å². The van der Waals surface area contributed by atoms with Crippen LogP contribution < -0.4 is 24.4 Å². The first-order chi connectivity index (χ1) is 17.7. The van der Waals surface area contributed by atoms with Gasteiger partial charge in [-0.2, -0.15) is 0 Å². The molecule has 1 saturated heterocycles. The van der Waals surface area contributed by atoms with Crippen molar-refractivity contribution in [3.8, 4) is 28.5 Å². The van der Waals surface area contributed by atoms with Crippen LogP contribution in [0.25, 0.3) is 11.3 Å². The lowest BCUT2D eigenvalue weighted by Crippen LogP contribution is -2.43. The van der Waals surface area contributed by atoms with E-state index in [9.17, 15) is 0 Å². The molecule has 0 atom stereocenters. The van der Waals surface area contributed by atoms with E-state index in [0.29, 0.717) is 12.0 Å². The smallest absolute Gasteiger partial charge is 0.164 e. The summed E-state index contributed by atoms with van der Waals surface area (Å²) < 4.78 is 16.9. The molecule has 0 amide bonds. The summed E-state index contributed by atoms with van der Waals surface area (Å²) in [5.41, 5.74) is 5.75. The second-order valence-electron chi connectivity index (χ2n) is 9.79. The first kappa shape index (κ1) is 24.4. The van der Waals surface area contributed by atoms with E-state index in [1.54, 1.807) is 21.3 Å². The van der Waals surface area contributed by atoms with E-state index in [2.05, 4.69) is 46.6 Å². The van der Waals surface area contributed by atoms with Gasteiger partial charge in [0, 0.05) is 35.6 Å². The molecule has 190 valence electrons. The van der Waals surface area contributed by atoms with Crippen LogP contribution in [-0.4, -0.2) is 45.4 Å². The van der Waals surface area contributed by atoms with E-state index in [0.717, 1.165) is 61.0 Å². The second kappa shape index (κ2) is 11.2. The average Bonchev–Trinajstić information content (AvgIpc) is 2.91. The lowest BCUT2D eigenvalue weighted by atomic mass is 9.79. The monoisotopic (exact) mass is 487 g/mol. The van der Waals surface area contributed by atoms with Crippen molar-refractivity contribution in [1.29, 1.82) is 0 Å². The summed E-state index contributed by atoms with van der Waals surface area (Å²) in [7, 11) is 5.15. The number of hydrogen-bond acceptors (Lipinski definition) is 6. The molecule has 2 aliphatic rings. The van der Waals surface area contributed by atoms with Gasteiger partial charge in [0.25, 0.3) is 0 Å². The molecule has 1 N–H and O–H groups in total. The number of nitrogens with one attached hydrogen (secondary N) is 1. The largest absolute Gasteiger partial charge is 0.497 e. The van der Waals surface area contributed by atoms with Gasteiger partial charge >= 0.3 is 0 Å². The Bertz CT molecular complexity index is 1150. The predicted molar refractivity (Wildman–Crippen MR) is 144 cm³/mol. The number of piperidine rings is 1. The Balaban J connectivity index is 1.46. The zero-order valence-corrected chi connectivity index (χ0v) is 21.6. The number of aromatic nitrogens is 1. The summed E-state index contributed by atoms with van der Waals surface area (Å²) in [6.45, 7) is 2.93. The summed E-state index contributed by atoms with van der Waals surface area (Å²) in [5.74, 6) is 3.05. The van der Waals surface area contributed by atoms with Crippen LogP contribution in [0.5, 0.6) is 17.2 Å². The van der Waals surface area contributed by atoms with Crippen LogP contribution in [0.4, 0.5) is 5.69 Å². The first-order valence-electron chi connectivity index (χ1n) is 13.0. The van der Waals surface area contributed by atoms with E-state index in [1.807, 2.05) is 18.3 Å². The Hall–Kier alpha value is -3.25. The van der Waals surface area contributed by atoms with E-state index in [-0.39, 0.29) is 0 Å². The van der Waals surface area contributed by atoms with Crippen LogP contribution in [0.1, 0.15) is 49.1 Å². The maximum absolute atomic E-state index is 5.76. The predicted octanol–water partition coefficient (Wildman–Crippen LogP) is 5.80. The molecule has 0 spiro atoms. The van der Waals surface area contributed by atoms with E-state index in [1.165, 1.54) is 36.1 Å². The van der Waals surface area contributed by atoms with Gasteiger partial charge in [0.1, 0.15) is 5.75 Å². The lowest BCUT2D eigenvalue weighted by Gasteiger charge is -2.36. The molecule has 2 heterocycles. The molecule has 2 fully saturated rings. The lowest BCUT2D eigenvalue weighted by molar-refractivity contribution is 0.337. The number of rotatable bonds is 9. The van der Waals surface area contributed by atoms with Crippen LogP contribution in [0.3, 0.4) is 0 Å². The zero-order valence-electron chi connectivity index (χ0n) is 21.6. The first-order valence-corrected chi connectivity index (χ1v) is 13.0. The van der Waals surface area contributed by atoms with Gasteiger partial charge in [-0.05, 0) is 98.8 Å². The van der Waals surface area contributed by atoms with Gasteiger partial charge in [-0.3, -0.25) is 4.98 Å². The molecule has 0 radical (unpaired) electrons. The normalized spacial score (nSPS) is 16.3. The third-order valence-corrected chi connectivity index (χ3v) is 7.68. The summed E-state index contributed by atoms with van der Waals surface area (Å²) in [6.07, 6.45) is 7.85. The molecule has 2 aromatic carbocycles.